The molecule has 1 amide bonds. The van der Waals surface area contributed by atoms with Gasteiger partial charge in [-0.1, -0.05) is 6.07 Å². The summed E-state index contributed by atoms with van der Waals surface area (Å²) in [4.78, 5) is 23.6. The first-order valence-electron chi connectivity index (χ1n) is 9.56. The maximum Gasteiger partial charge on any atom is 0.257 e. The molecular formula is C24H21FN4O. The SMILES string of the molecule is CN(C)Cc1ccc2cc(NC(=O)c3ccc(-c4ccc(F)cc4)nc3)ccc2n1. The lowest BCUT2D eigenvalue weighted by atomic mass is 10.1. The van der Waals surface area contributed by atoms with Crippen molar-refractivity contribution in [3.05, 3.63) is 90.0 Å². The lowest BCUT2D eigenvalue weighted by Gasteiger charge is -2.10. The van der Waals surface area contributed by atoms with Gasteiger partial charge < -0.3 is 10.2 Å². The number of nitrogens with zero attached hydrogens (tertiary/aromatic N) is 3. The van der Waals surface area contributed by atoms with E-state index in [0.29, 0.717) is 16.9 Å². The summed E-state index contributed by atoms with van der Waals surface area (Å²) in [6, 6.07) is 19.2. The molecule has 4 aromatic rings. The fourth-order valence-corrected chi connectivity index (χ4v) is 3.18. The van der Waals surface area contributed by atoms with Gasteiger partial charge in [0.05, 0.1) is 22.5 Å². The zero-order valence-electron chi connectivity index (χ0n) is 16.8. The van der Waals surface area contributed by atoms with Gasteiger partial charge in [-0.15, -0.1) is 0 Å². The number of pyridine rings is 2. The first-order chi connectivity index (χ1) is 14.5. The summed E-state index contributed by atoms with van der Waals surface area (Å²) < 4.78 is 13.1. The maximum absolute atomic E-state index is 13.1. The van der Waals surface area contributed by atoms with Crippen LogP contribution in [0.5, 0.6) is 0 Å². The van der Waals surface area contributed by atoms with Crippen LogP contribution in [0.15, 0.2) is 72.9 Å². The van der Waals surface area contributed by atoms with Gasteiger partial charge in [0.15, 0.2) is 0 Å². The van der Waals surface area contributed by atoms with Crippen molar-refractivity contribution in [3.8, 4) is 11.3 Å². The van der Waals surface area contributed by atoms with E-state index in [1.807, 2.05) is 44.4 Å². The first-order valence-corrected chi connectivity index (χ1v) is 9.56. The molecule has 0 spiro atoms. The Kier molecular flexibility index (Phi) is 5.50. The number of amides is 1. The van der Waals surface area contributed by atoms with Crippen LogP contribution in [0.1, 0.15) is 16.1 Å². The number of hydrogen-bond acceptors (Lipinski definition) is 4. The first kappa shape index (κ1) is 19.7. The molecule has 0 fully saturated rings. The zero-order valence-corrected chi connectivity index (χ0v) is 16.8. The molecule has 0 aliphatic heterocycles. The maximum atomic E-state index is 13.1. The number of nitrogens with one attached hydrogen (secondary N) is 1. The molecule has 0 saturated heterocycles. The van der Waals surface area contributed by atoms with E-state index < -0.39 is 0 Å². The van der Waals surface area contributed by atoms with Crippen LogP contribution in [0.25, 0.3) is 22.2 Å². The molecule has 2 aromatic heterocycles. The fraction of sp³-hybridized carbons (Fsp3) is 0.125. The predicted octanol–water partition coefficient (Wildman–Crippen LogP) is 4.75. The third-order valence-electron chi connectivity index (χ3n) is 4.65. The molecular weight excluding hydrogens is 379 g/mol. The topological polar surface area (TPSA) is 58.1 Å². The number of aromatic nitrogens is 2. The Hall–Kier alpha value is -3.64. The molecule has 0 radical (unpaired) electrons. The molecule has 5 nitrogen and oxygen atoms in total. The second-order valence-electron chi connectivity index (χ2n) is 7.34. The van der Waals surface area contributed by atoms with Crippen LogP contribution >= 0.6 is 0 Å². The van der Waals surface area contributed by atoms with Gasteiger partial charge in [0, 0.05) is 29.4 Å². The minimum absolute atomic E-state index is 0.246. The summed E-state index contributed by atoms with van der Waals surface area (Å²) in [6.45, 7) is 0.773. The minimum Gasteiger partial charge on any atom is -0.322 e. The van der Waals surface area contributed by atoms with Crippen molar-refractivity contribution in [1.29, 1.82) is 0 Å². The molecule has 150 valence electrons. The monoisotopic (exact) mass is 400 g/mol. The van der Waals surface area contributed by atoms with E-state index in [4.69, 9.17) is 0 Å². The molecule has 0 atom stereocenters. The number of rotatable bonds is 5. The fourth-order valence-electron chi connectivity index (χ4n) is 3.18. The largest absolute Gasteiger partial charge is 0.322 e. The predicted molar refractivity (Wildman–Crippen MR) is 117 cm³/mol. The third kappa shape index (κ3) is 4.50. The van der Waals surface area contributed by atoms with E-state index in [1.165, 1.54) is 18.3 Å². The second-order valence-corrected chi connectivity index (χ2v) is 7.34. The number of carbonyl (C=O) groups is 1. The van der Waals surface area contributed by atoms with Gasteiger partial charge in [-0.05, 0) is 74.8 Å². The van der Waals surface area contributed by atoms with E-state index in [2.05, 4.69) is 20.2 Å². The van der Waals surface area contributed by atoms with Crippen molar-refractivity contribution in [2.24, 2.45) is 0 Å². The highest BCUT2D eigenvalue weighted by molar-refractivity contribution is 6.05. The molecule has 2 heterocycles. The van der Waals surface area contributed by atoms with Gasteiger partial charge >= 0.3 is 0 Å². The number of anilines is 1. The highest BCUT2D eigenvalue weighted by Gasteiger charge is 2.09. The summed E-state index contributed by atoms with van der Waals surface area (Å²) in [5.41, 5.74) is 4.49. The molecule has 30 heavy (non-hydrogen) atoms. The van der Waals surface area contributed by atoms with Gasteiger partial charge in [-0.25, -0.2) is 4.39 Å². The number of halogens is 1. The van der Waals surface area contributed by atoms with E-state index in [9.17, 15) is 9.18 Å². The quantitative estimate of drug-likeness (QED) is 0.525. The van der Waals surface area contributed by atoms with Crippen LogP contribution in [0.2, 0.25) is 0 Å². The van der Waals surface area contributed by atoms with E-state index >= 15 is 0 Å². The van der Waals surface area contributed by atoms with Crippen molar-refractivity contribution in [2.45, 2.75) is 6.54 Å². The molecule has 0 unspecified atom stereocenters. The number of fused-ring (bicyclic) bond motifs is 1. The summed E-state index contributed by atoms with van der Waals surface area (Å²) >= 11 is 0. The van der Waals surface area contributed by atoms with Gasteiger partial charge in [-0.2, -0.15) is 0 Å². The zero-order chi connectivity index (χ0) is 21.1. The average molecular weight is 400 g/mol. The van der Waals surface area contributed by atoms with Gasteiger partial charge in [0.1, 0.15) is 5.82 Å². The van der Waals surface area contributed by atoms with Crippen molar-refractivity contribution >= 4 is 22.5 Å². The van der Waals surface area contributed by atoms with Crippen molar-refractivity contribution in [2.75, 3.05) is 19.4 Å². The number of benzene rings is 2. The van der Waals surface area contributed by atoms with Crippen LogP contribution in [-0.4, -0.2) is 34.9 Å². The number of hydrogen-bond donors (Lipinski definition) is 1. The van der Waals surface area contributed by atoms with Crippen molar-refractivity contribution in [1.82, 2.24) is 14.9 Å². The van der Waals surface area contributed by atoms with E-state index in [1.54, 1.807) is 24.3 Å². The van der Waals surface area contributed by atoms with Gasteiger partial charge in [0.2, 0.25) is 0 Å². The summed E-state index contributed by atoms with van der Waals surface area (Å²) in [7, 11) is 4.01. The molecule has 1 N–H and O–H groups in total. The lowest BCUT2D eigenvalue weighted by Crippen LogP contribution is -2.12. The molecule has 0 aliphatic rings. The number of carbonyl (C=O) groups excluding carboxylic acids is 1. The standard InChI is InChI=1S/C24H21FN4O/c1-29(2)15-21-9-5-17-13-20(10-12-23(17)27-21)28-24(30)18-6-11-22(26-14-18)16-3-7-19(25)8-4-16/h3-14H,15H2,1-2H3,(H,28,30). The van der Waals surface area contributed by atoms with Gasteiger partial charge in [0.25, 0.3) is 5.91 Å². The van der Waals surface area contributed by atoms with Crippen LogP contribution < -0.4 is 5.32 Å². The molecule has 4 rings (SSSR count). The average Bonchev–Trinajstić information content (AvgIpc) is 2.74. The normalized spacial score (nSPS) is 11.1. The van der Waals surface area contributed by atoms with E-state index in [-0.39, 0.29) is 11.7 Å². The van der Waals surface area contributed by atoms with Crippen LogP contribution in [-0.2, 0) is 6.54 Å². The molecule has 0 aliphatic carbocycles. The van der Waals surface area contributed by atoms with Crippen molar-refractivity contribution < 1.29 is 9.18 Å². The lowest BCUT2D eigenvalue weighted by molar-refractivity contribution is 0.102. The smallest absolute Gasteiger partial charge is 0.257 e. The highest BCUT2D eigenvalue weighted by atomic mass is 19.1. The Bertz CT molecular complexity index is 1190. The molecule has 6 heteroatoms. The Morgan fingerprint density at radius 3 is 2.50 bits per heavy atom. The van der Waals surface area contributed by atoms with Gasteiger partial charge in [-0.3, -0.25) is 14.8 Å². The van der Waals surface area contributed by atoms with Crippen LogP contribution in [0.4, 0.5) is 10.1 Å². The summed E-state index contributed by atoms with van der Waals surface area (Å²) in [6.07, 6.45) is 1.52. The van der Waals surface area contributed by atoms with Crippen LogP contribution in [0.3, 0.4) is 0 Å². The molecule has 0 bridgehead atoms. The molecule has 2 aromatic carbocycles. The highest BCUT2D eigenvalue weighted by Crippen LogP contribution is 2.21. The summed E-state index contributed by atoms with van der Waals surface area (Å²) in [5.74, 6) is -0.543. The molecule has 0 saturated carbocycles. The Balaban J connectivity index is 1.49. The Labute approximate surface area is 174 Å². The van der Waals surface area contributed by atoms with E-state index in [0.717, 1.165) is 28.7 Å². The summed E-state index contributed by atoms with van der Waals surface area (Å²) in [5, 5.41) is 3.86. The van der Waals surface area contributed by atoms with Crippen molar-refractivity contribution in [3.63, 3.8) is 0 Å². The van der Waals surface area contributed by atoms with Crippen LogP contribution in [0, 0.1) is 5.82 Å². The Morgan fingerprint density at radius 2 is 1.80 bits per heavy atom. The second kappa shape index (κ2) is 8.39. The third-order valence-corrected chi connectivity index (χ3v) is 4.65. The Morgan fingerprint density at radius 1 is 1.00 bits per heavy atom. The minimum atomic E-state index is -0.297.